The number of amides is 1. The number of carbonyl (C=O) groups excluding carboxylic acids is 1. The topological polar surface area (TPSA) is 57.6 Å². The fourth-order valence-corrected chi connectivity index (χ4v) is 5.19. The minimum absolute atomic E-state index is 0.0515. The van der Waals surface area contributed by atoms with E-state index < -0.39 is 29.6 Å². The van der Waals surface area contributed by atoms with Crippen molar-refractivity contribution in [1.82, 2.24) is 4.90 Å². The molecule has 4 rings (SSSR count). The van der Waals surface area contributed by atoms with Gasteiger partial charge in [0.15, 0.2) is 0 Å². The maximum atomic E-state index is 13.7. The Balaban J connectivity index is 1.71. The molecule has 0 fully saturated rings. The van der Waals surface area contributed by atoms with Gasteiger partial charge < -0.3 is 10.0 Å². The van der Waals surface area contributed by atoms with E-state index in [1.54, 1.807) is 35.7 Å². The maximum absolute atomic E-state index is 13.7. The molecule has 4 aromatic rings. The maximum Gasteiger partial charge on any atom is 0.326 e. The predicted octanol–water partition coefficient (Wildman–Crippen LogP) is 7.34. The Bertz CT molecular complexity index is 1390. The van der Waals surface area contributed by atoms with E-state index in [0.717, 1.165) is 11.6 Å². The summed E-state index contributed by atoms with van der Waals surface area (Å²) in [4.78, 5) is 27.9. The molecule has 36 heavy (non-hydrogen) atoms. The van der Waals surface area contributed by atoms with Gasteiger partial charge in [0.25, 0.3) is 5.91 Å². The molecule has 0 aliphatic carbocycles. The summed E-state index contributed by atoms with van der Waals surface area (Å²) < 4.78 is 27.4. The molecule has 1 aromatic heterocycles. The monoisotopic (exact) mass is 545 g/mol. The van der Waals surface area contributed by atoms with Crippen LogP contribution in [-0.2, 0) is 17.8 Å². The minimum Gasteiger partial charge on any atom is -0.480 e. The van der Waals surface area contributed by atoms with Gasteiger partial charge in [-0.25, -0.2) is 13.6 Å². The van der Waals surface area contributed by atoms with Crippen LogP contribution in [0.15, 0.2) is 78.2 Å². The number of hydrogen-bond donors (Lipinski definition) is 1. The normalized spacial score (nSPS) is 11.8. The lowest BCUT2D eigenvalue weighted by molar-refractivity contribution is -0.142. The number of aliphatic carboxylic acids is 1. The van der Waals surface area contributed by atoms with Crippen LogP contribution in [0.4, 0.5) is 8.78 Å². The lowest BCUT2D eigenvalue weighted by atomic mass is 10.0. The van der Waals surface area contributed by atoms with E-state index >= 15 is 0 Å². The summed E-state index contributed by atoms with van der Waals surface area (Å²) in [5, 5.41) is 12.3. The van der Waals surface area contributed by atoms with Crippen molar-refractivity contribution in [2.24, 2.45) is 0 Å². The summed E-state index contributed by atoms with van der Waals surface area (Å²) in [6, 6.07) is 17.0. The minimum atomic E-state index is -1.20. The van der Waals surface area contributed by atoms with Crippen molar-refractivity contribution in [3.8, 4) is 11.1 Å². The third kappa shape index (κ3) is 6.10. The Hall–Kier alpha value is -3.26. The van der Waals surface area contributed by atoms with Crippen molar-refractivity contribution >= 4 is 46.4 Å². The summed E-state index contributed by atoms with van der Waals surface area (Å²) in [5.41, 5.74) is 1.75. The van der Waals surface area contributed by atoms with Crippen molar-refractivity contribution in [2.75, 3.05) is 0 Å². The molecule has 0 saturated carbocycles. The molecule has 3 aromatic carbocycles. The van der Waals surface area contributed by atoms with E-state index in [2.05, 4.69) is 0 Å². The fraction of sp³-hybridized carbons (Fsp3) is 0.111. The number of hydrogen-bond acceptors (Lipinski definition) is 3. The fourth-order valence-electron chi connectivity index (χ4n) is 3.81. The van der Waals surface area contributed by atoms with Crippen LogP contribution in [0.25, 0.3) is 11.1 Å². The molecule has 0 unspecified atom stereocenters. The summed E-state index contributed by atoms with van der Waals surface area (Å²) in [6.45, 7) is -0.0515. The number of carbonyl (C=O) groups is 2. The molecule has 0 radical (unpaired) electrons. The van der Waals surface area contributed by atoms with E-state index in [0.29, 0.717) is 21.0 Å². The predicted molar refractivity (Wildman–Crippen MR) is 138 cm³/mol. The summed E-state index contributed by atoms with van der Waals surface area (Å²) in [5.74, 6) is -3.17. The molecule has 184 valence electrons. The van der Waals surface area contributed by atoms with Crippen LogP contribution in [0.2, 0.25) is 10.0 Å². The second-order valence-corrected chi connectivity index (χ2v) is 9.90. The van der Waals surface area contributed by atoms with Crippen LogP contribution in [0, 0.1) is 11.6 Å². The Labute approximate surface area is 220 Å². The second kappa shape index (κ2) is 11.2. The van der Waals surface area contributed by atoms with Crippen LogP contribution in [0.5, 0.6) is 0 Å². The zero-order valence-corrected chi connectivity index (χ0v) is 21.0. The number of thiophene rings is 1. The van der Waals surface area contributed by atoms with E-state index in [9.17, 15) is 23.5 Å². The first-order chi connectivity index (χ1) is 17.2. The van der Waals surface area contributed by atoms with Crippen LogP contribution in [0.1, 0.15) is 20.8 Å². The Kier molecular flexibility index (Phi) is 8.04. The van der Waals surface area contributed by atoms with Gasteiger partial charge in [-0.05, 0) is 58.5 Å². The number of carboxylic acid groups (broad SMARTS) is 1. The Morgan fingerprint density at radius 1 is 0.917 bits per heavy atom. The van der Waals surface area contributed by atoms with E-state index in [-0.39, 0.29) is 23.6 Å². The highest BCUT2D eigenvalue weighted by atomic mass is 35.5. The van der Waals surface area contributed by atoms with Crippen LogP contribution < -0.4 is 0 Å². The van der Waals surface area contributed by atoms with Gasteiger partial charge in [-0.2, -0.15) is 0 Å². The van der Waals surface area contributed by atoms with Crippen molar-refractivity contribution in [2.45, 2.75) is 19.0 Å². The number of rotatable bonds is 8. The molecule has 1 N–H and O–H groups in total. The van der Waals surface area contributed by atoms with Gasteiger partial charge in [-0.15, -0.1) is 11.3 Å². The Morgan fingerprint density at radius 2 is 1.61 bits per heavy atom. The second-order valence-electron chi connectivity index (χ2n) is 8.06. The number of benzene rings is 3. The number of halogens is 4. The molecule has 0 saturated heterocycles. The lowest BCUT2D eigenvalue weighted by Crippen LogP contribution is -2.46. The highest BCUT2D eigenvalue weighted by Gasteiger charge is 2.32. The quantitative estimate of drug-likeness (QED) is 0.252. The number of carboxylic acids is 1. The van der Waals surface area contributed by atoms with Crippen molar-refractivity contribution in [3.63, 3.8) is 0 Å². The molecular weight excluding hydrogens is 527 g/mol. The summed E-state index contributed by atoms with van der Waals surface area (Å²) in [7, 11) is 0. The standard InChI is InChI=1S/C27H19Cl2F2NO3S/c28-19-6-7-23(24(29)12-19)26(33)32(25(27(34)35)8-16-4-2-1-3-5-16)14-22-11-18(15-36-22)17-9-20(30)13-21(31)10-17/h1-7,9-13,15,25H,8,14H2,(H,34,35)/t25-/m0/s1. The van der Waals surface area contributed by atoms with Gasteiger partial charge in [0, 0.05) is 22.4 Å². The summed E-state index contributed by atoms with van der Waals surface area (Å²) in [6.07, 6.45) is 0.0699. The van der Waals surface area contributed by atoms with Crippen molar-refractivity contribution in [1.29, 1.82) is 0 Å². The lowest BCUT2D eigenvalue weighted by Gasteiger charge is -2.29. The molecule has 9 heteroatoms. The highest BCUT2D eigenvalue weighted by Crippen LogP contribution is 2.30. The van der Waals surface area contributed by atoms with E-state index in [4.69, 9.17) is 23.2 Å². The molecule has 0 spiro atoms. The van der Waals surface area contributed by atoms with Gasteiger partial charge in [0.2, 0.25) is 0 Å². The van der Waals surface area contributed by atoms with Crippen molar-refractivity contribution in [3.05, 3.63) is 116 Å². The van der Waals surface area contributed by atoms with Crippen LogP contribution in [0.3, 0.4) is 0 Å². The van der Waals surface area contributed by atoms with Crippen LogP contribution >= 0.6 is 34.5 Å². The average molecular weight is 546 g/mol. The highest BCUT2D eigenvalue weighted by molar-refractivity contribution is 7.10. The zero-order valence-electron chi connectivity index (χ0n) is 18.6. The van der Waals surface area contributed by atoms with Crippen molar-refractivity contribution < 1.29 is 23.5 Å². The third-order valence-corrected chi connectivity index (χ3v) is 7.00. The molecule has 1 amide bonds. The molecule has 4 nitrogen and oxygen atoms in total. The van der Waals surface area contributed by atoms with E-state index in [1.807, 2.05) is 6.07 Å². The Morgan fingerprint density at radius 3 is 2.25 bits per heavy atom. The first-order valence-corrected chi connectivity index (χ1v) is 12.4. The molecule has 1 heterocycles. The molecule has 1 atom stereocenters. The first-order valence-electron chi connectivity index (χ1n) is 10.8. The molecular formula is C27H19Cl2F2NO3S. The zero-order chi connectivity index (χ0) is 25.8. The van der Waals surface area contributed by atoms with Crippen LogP contribution in [-0.4, -0.2) is 27.9 Å². The molecule has 0 bridgehead atoms. The van der Waals surface area contributed by atoms with E-state index in [1.165, 1.54) is 46.6 Å². The molecule has 0 aliphatic rings. The van der Waals surface area contributed by atoms with Gasteiger partial charge >= 0.3 is 5.97 Å². The first kappa shape index (κ1) is 25.8. The summed E-state index contributed by atoms with van der Waals surface area (Å²) >= 11 is 13.5. The molecule has 0 aliphatic heterocycles. The van der Waals surface area contributed by atoms with Gasteiger partial charge in [0.1, 0.15) is 17.7 Å². The number of nitrogens with zero attached hydrogens (tertiary/aromatic N) is 1. The SMILES string of the molecule is O=C(O)[C@H](Cc1ccccc1)N(Cc1cc(-c2cc(F)cc(F)c2)cs1)C(=O)c1ccc(Cl)cc1Cl. The van der Waals surface area contributed by atoms with Gasteiger partial charge in [0.05, 0.1) is 17.1 Å². The smallest absolute Gasteiger partial charge is 0.326 e. The largest absolute Gasteiger partial charge is 0.480 e. The average Bonchev–Trinajstić information content (AvgIpc) is 3.30. The third-order valence-electron chi connectivity index (χ3n) is 5.53. The van der Waals surface area contributed by atoms with Gasteiger partial charge in [-0.3, -0.25) is 4.79 Å². The van der Waals surface area contributed by atoms with Gasteiger partial charge in [-0.1, -0.05) is 53.5 Å².